The lowest BCUT2D eigenvalue weighted by Crippen LogP contribution is -2.56. The lowest BCUT2D eigenvalue weighted by atomic mass is 9.39. The molecule has 0 amide bonds. The molecule has 0 radical (unpaired) electrons. The number of nitriles is 1. The van der Waals surface area contributed by atoms with Crippen molar-refractivity contribution in [3.63, 3.8) is 0 Å². The van der Waals surface area contributed by atoms with Gasteiger partial charge in [0.2, 0.25) is 0 Å². The Balaban J connectivity index is 2.10. The Hall–Kier alpha value is -1.30. The van der Waals surface area contributed by atoms with Crippen LogP contribution in [-0.4, -0.2) is 11.1 Å². The van der Waals surface area contributed by atoms with Crippen LogP contribution in [0, 0.1) is 33.5 Å². The highest BCUT2D eigenvalue weighted by molar-refractivity contribution is 5.87. The smallest absolute Gasteiger partial charge is 0.331 e. The zero-order chi connectivity index (χ0) is 14.8. The Labute approximate surface area is 120 Å². The predicted octanol–water partition coefficient (Wildman–Crippen LogP) is 3.91. The van der Waals surface area contributed by atoms with Crippen molar-refractivity contribution < 1.29 is 9.90 Å². The third kappa shape index (κ3) is 1.74. The summed E-state index contributed by atoms with van der Waals surface area (Å²) in [7, 11) is 0. The second-order valence-corrected chi connectivity index (χ2v) is 8.05. The maximum absolute atomic E-state index is 11.3. The van der Waals surface area contributed by atoms with Gasteiger partial charge >= 0.3 is 5.97 Å². The summed E-state index contributed by atoms with van der Waals surface area (Å²) in [5, 5.41) is 19.0. The van der Waals surface area contributed by atoms with Gasteiger partial charge in [-0.3, -0.25) is 0 Å². The minimum Gasteiger partial charge on any atom is -0.478 e. The van der Waals surface area contributed by atoms with Gasteiger partial charge in [-0.2, -0.15) is 5.26 Å². The van der Waals surface area contributed by atoms with Crippen LogP contribution in [-0.2, 0) is 4.79 Å². The van der Waals surface area contributed by atoms with E-state index in [9.17, 15) is 15.2 Å². The molecule has 0 heterocycles. The monoisotopic (exact) mass is 273 g/mol. The van der Waals surface area contributed by atoms with E-state index < -0.39 is 5.97 Å². The van der Waals surface area contributed by atoms with Crippen molar-refractivity contribution in [3.05, 3.63) is 11.1 Å². The first-order valence-electron chi connectivity index (χ1n) is 7.56. The molecular weight excluding hydrogens is 250 g/mol. The minimum absolute atomic E-state index is 0.0353. The minimum atomic E-state index is -0.811. The first-order valence-corrected chi connectivity index (χ1v) is 7.56. The van der Waals surface area contributed by atoms with Crippen LogP contribution >= 0.6 is 0 Å². The number of nitrogens with zero attached hydrogens (tertiary/aromatic N) is 1. The Morgan fingerprint density at radius 1 is 1.20 bits per heavy atom. The number of carboxylic acids is 1. The van der Waals surface area contributed by atoms with E-state index in [1.807, 2.05) is 6.92 Å². The van der Waals surface area contributed by atoms with E-state index in [-0.39, 0.29) is 16.2 Å². The van der Waals surface area contributed by atoms with E-state index in [0.29, 0.717) is 11.5 Å². The van der Waals surface area contributed by atoms with Crippen LogP contribution < -0.4 is 0 Å². The van der Waals surface area contributed by atoms with Gasteiger partial charge in [0.15, 0.2) is 0 Å². The molecule has 20 heavy (non-hydrogen) atoms. The average Bonchev–Trinajstić information content (AvgIpc) is 2.34. The second-order valence-electron chi connectivity index (χ2n) is 8.05. The standard InChI is InChI=1S/C17H23NO2/c1-11(14(19)20)12(2)17-6-13-4-15(3,8-17)7-16(5-13,9-17)10-18/h13H,4-9H2,1-3H3,(H,19,20). The third-order valence-corrected chi connectivity index (χ3v) is 6.26. The molecule has 3 heteroatoms. The van der Waals surface area contributed by atoms with Gasteiger partial charge in [0.25, 0.3) is 0 Å². The molecule has 4 fully saturated rings. The number of allylic oxidation sites excluding steroid dienone is 1. The molecular formula is C17H23NO2. The molecule has 108 valence electrons. The summed E-state index contributed by atoms with van der Waals surface area (Å²) < 4.78 is 0. The first kappa shape index (κ1) is 13.7. The number of carboxylic acid groups (broad SMARTS) is 1. The summed E-state index contributed by atoms with van der Waals surface area (Å²) in [4.78, 5) is 11.3. The summed E-state index contributed by atoms with van der Waals surface area (Å²) in [5.41, 5.74) is 1.51. The molecule has 0 aromatic carbocycles. The van der Waals surface area contributed by atoms with Crippen molar-refractivity contribution >= 4 is 5.97 Å². The van der Waals surface area contributed by atoms with Gasteiger partial charge in [-0.25, -0.2) is 4.79 Å². The van der Waals surface area contributed by atoms with E-state index >= 15 is 0 Å². The van der Waals surface area contributed by atoms with E-state index in [1.54, 1.807) is 6.92 Å². The van der Waals surface area contributed by atoms with Crippen LogP contribution in [0.3, 0.4) is 0 Å². The Morgan fingerprint density at radius 2 is 1.90 bits per heavy atom. The Kier molecular flexibility index (Phi) is 2.65. The van der Waals surface area contributed by atoms with E-state index in [4.69, 9.17) is 0 Å². The van der Waals surface area contributed by atoms with Crippen molar-refractivity contribution in [1.82, 2.24) is 0 Å². The fourth-order valence-corrected chi connectivity index (χ4v) is 6.02. The molecule has 1 N–H and O–H groups in total. The van der Waals surface area contributed by atoms with Crippen molar-refractivity contribution in [2.45, 2.75) is 59.3 Å². The van der Waals surface area contributed by atoms with Crippen LogP contribution in [0.1, 0.15) is 59.3 Å². The zero-order valence-electron chi connectivity index (χ0n) is 12.6. The zero-order valence-corrected chi connectivity index (χ0v) is 12.6. The van der Waals surface area contributed by atoms with Crippen molar-refractivity contribution in [2.24, 2.45) is 22.2 Å². The number of hydrogen-bond donors (Lipinski definition) is 1. The fraction of sp³-hybridized carbons (Fsp3) is 0.765. The Morgan fingerprint density at radius 3 is 2.45 bits per heavy atom. The highest BCUT2D eigenvalue weighted by Crippen LogP contribution is 2.71. The van der Waals surface area contributed by atoms with Gasteiger partial charge in [0.1, 0.15) is 0 Å². The molecule has 4 bridgehead atoms. The molecule has 0 aromatic heterocycles. The summed E-state index contributed by atoms with van der Waals surface area (Å²) in [6.07, 6.45) is 6.28. The molecule has 4 atom stereocenters. The maximum atomic E-state index is 11.3. The van der Waals surface area contributed by atoms with Crippen molar-refractivity contribution in [2.75, 3.05) is 0 Å². The van der Waals surface area contributed by atoms with Crippen LogP contribution in [0.25, 0.3) is 0 Å². The topological polar surface area (TPSA) is 61.1 Å². The number of carbonyl (C=O) groups is 1. The molecule has 4 saturated carbocycles. The lowest BCUT2D eigenvalue weighted by molar-refractivity contribution is -0.133. The summed E-state index contributed by atoms with van der Waals surface area (Å²) in [6.45, 7) is 6.02. The molecule has 4 aliphatic carbocycles. The van der Waals surface area contributed by atoms with Gasteiger partial charge in [-0.15, -0.1) is 0 Å². The first-order chi connectivity index (χ1) is 9.23. The summed E-state index contributed by atoms with van der Waals surface area (Å²) in [5.74, 6) is -0.207. The summed E-state index contributed by atoms with van der Waals surface area (Å²) >= 11 is 0. The third-order valence-electron chi connectivity index (χ3n) is 6.26. The average molecular weight is 273 g/mol. The normalized spacial score (nSPS) is 46.8. The number of hydrogen-bond acceptors (Lipinski definition) is 2. The molecule has 0 saturated heterocycles. The highest BCUT2D eigenvalue weighted by atomic mass is 16.4. The van der Waals surface area contributed by atoms with E-state index in [0.717, 1.165) is 37.7 Å². The van der Waals surface area contributed by atoms with Gasteiger partial charge < -0.3 is 5.11 Å². The lowest BCUT2D eigenvalue weighted by Gasteiger charge is -2.64. The molecule has 4 unspecified atom stereocenters. The van der Waals surface area contributed by atoms with E-state index in [2.05, 4.69) is 13.0 Å². The quantitative estimate of drug-likeness (QED) is 0.776. The number of rotatable bonds is 2. The summed E-state index contributed by atoms with van der Waals surface area (Å²) in [6, 6.07) is 2.61. The molecule has 4 rings (SSSR count). The molecule has 0 aliphatic heterocycles. The van der Waals surface area contributed by atoms with Gasteiger partial charge in [0.05, 0.1) is 11.5 Å². The predicted molar refractivity (Wildman–Crippen MR) is 75.8 cm³/mol. The highest BCUT2D eigenvalue weighted by Gasteiger charge is 2.62. The molecule has 4 aliphatic rings. The van der Waals surface area contributed by atoms with Crippen molar-refractivity contribution in [1.29, 1.82) is 5.26 Å². The van der Waals surface area contributed by atoms with Gasteiger partial charge in [-0.05, 0) is 69.1 Å². The largest absolute Gasteiger partial charge is 0.478 e. The maximum Gasteiger partial charge on any atom is 0.331 e. The van der Waals surface area contributed by atoms with Crippen LogP contribution in [0.15, 0.2) is 11.1 Å². The van der Waals surface area contributed by atoms with E-state index in [1.165, 1.54) is 6.42 Å². The van der Waals surface area contributed by atoms with Gasteiger partial charge in [-0.1, -0.05) is 12.5 Å². The van der Waals surface area contributed by atoms with Crippen LogP contribution in [0.5, 0.6) is 0 Å². The second kappa shape index (κ2) is 3.87. The molecule has 3 nitrogen and oxygen atoms in total. The Bertz CT molecular complexity index is 558. The van der Waals surface area contributed by atoms with Gasteiger partial charge in [0, 0.05) is 5.57 Å². The fourth-order valence-electron chi connectivity index (χ4n) is 6.02. The van der Waals surface area contributed by atoms with Crippen molar-refractivity contribution in [3.8, 4) is 6.07 Å². The molecule has 0 spiro atoms. The molecule has 0 aromatic rings. The van der Waals surface area contributed by atoms with Crippen LogP contribution in [0.2, 0.25) is 0 Å². The van der Waals surface area contributed by atoms with Crippen LogP contribution in [0.4, 0.5) is 0 Å². The SMILES string of the molecule is CC(C(=O)O)=C(C)C12CC3CC(C)(CC(C#N)(C3)C1)C2. The number of aliphatic carboxylic acids is 1.